The van der Waals surface area contributed by atoms with Gasteiger partial charge in [0.15, 0.2) is 5.69 Å². The first-order valence-electron chi connectivity index (χ1n) is 11.4. The van der Waals surface area contributed by atoms with Gasteiger partial charge in [-0.2, -0.15) is 30.7 Å². The van der Waals surface area contributed by atoms with Crippen LogP contribution in [0.25, 0.3) is 0 Å². The molecular weight excluding hydrogens is 538 g/mol. The molecule has 1 aliphatic heterocycles. The van der Waals surface area contributed by atoms with Crippen LogP contribution >= 0.6 is 11.5 Å². The average Bonchev–Trinajstić information content (AvgIpc) is 3.44. The zero-order chi connectivity index (χ0) is 27.5. The Morgan fingerprint density at radius 1 is 1.13 bits per heavy atom. The van der Waals surface area contributed by atoms with Crippen LogP contribution in [0.2, 0.25) is 0 Å². The predicted octanol–water partition coefficient (Wildman–Crippen LogP) is 4.90. The van der Waals surface area contributed by atoms with Crippen LogP contribution in [-0.4, -0.2) is 62.0 Å². The van der Waals surface area contributed by atoms with Crippen LogP contribution in [-0.2, 0) is 12.6 Å². The number of likely N-dealkylation sites (tertiary alicyclic amines) is 1. The van der Waals surface area contributed by atoms with Crippen molar-refractivity contribution in [2.75, 3.05) is 25.0 Å². The van der Waals surface area contributed by atoms with Crippen LogP contribution in [0.1, 0.15) is 45.2 Å². The second-order valence-electron chi connectivity index (χ2n) is 8.67. The molecule has 0 aromatic carbocycles. The van der Waals surface area contributed by atoms with Crippen molar-refractivity contribution >= 4 is 23.1 Å². The molecule has 4 heterocycles. The number of aromatic nitrogens is 4. The maximum absolute atomic E-state index is 13.0. The molecule has 1 amide bonds. The van der Waals surface area contributed by atoms with E-state index in [4.69, 9.17) is 4.74 Å². The third-order valence-electron chi connectivity index (χ3n) is 5.72. The summed E-state index contributed by atoms with van der Waals surface area (Å²) < 4.78 is 85.4. The fourth-order valence-corrected chi connectivity index (χ4v) is 4.74. The fourth-order valence-electron chi connectivity index (χ4n) is 3.85. The van der Waals surface area contributed by atoms with Gasteiger partial charge in [0.1, 0.15) is 6.10 Å². The van der Waals surface area contributed by atoms with E-state index in [1.54, 1.807) is 24.0 Å². The van der Waals surface area contributed by atoms with Crippen LogP contribution in [0, 0.1) is 6.92 Å². The van der Waals surface area contributed by atoms with Crippen LogP contribution < -0.4 is 10.1 Å². The lowest BCUT2D eigenvalue weighted by Gasteiger charge is -2.17. The number of carbonyl (C=O) groups is 1. The molecule has 38 heavy (non-hydrogen) atoms. The Hall–Kier alpha value is -3.33. The maximum atomic E-state index is 13.0. The molecule has 0 saturated carbocycles. The number of rotatable bonds is 8. The Morgan fingerprint density at radius 3 is 2.55 bits per heavy atom. The summed E-state index contributed by atoms with van der Waals surface area (Å²) in [4.78, 5) is 26.5. The number of pyridine rings is 1. The van der Waals surface area contributed by atoms with E-state index in [-0.39, 0.29) is 36.2 Å². The van der Waals surface area contributed by atoms with Crippen LogP contribution in [0.3, 0.4) is 0 Å². The van der Waals surface area contributed by atoms with Crippen molar-refractivity contribution in [3.63, 3.8) is 0 Å². The number of amides is 1. The highest BCUT2D eigenvalue weighted by molar-refractivity contribution is 7.06. The Kier molecular flexibility index (Phi) is 8.16. The number of halogens is 6. The van der Waals surface area contributed by atoms with Gasteiger partial charge >= 0.3 is 12.4 Å². The van der Waals surface area contributed by atoms with Gasteiger partial charge in [-0.05, 0) is 30.9 Å². The summed E-state index contributed by atoms with van der Waals surface area (Å²) in [5.41, 5.74) is 0.245. The number of nitrogens with one attached hydrogen (secondary N) is 1. The molecule has 3 aromatic heterocycles. The van der Waals surface area contributed by atoms with E-state index in [0.717, 1.165) is 17.7 Å². The minimum Gasteiger partial charge on any atom is -0.473 e. The van der Waals surface area contributed by atoms with Crippen LogP contribution in [0.5, 0.6) is 5.88 Å². The van der Waals surface area contributed by atoms with E-state index in [1.807, 2.05) is 0 Å². The molecule has 0 bridgehead atoms. The lowest BCUT2D eigenvalue weighted by Crippen LogP contribution is -2.28. The number of nitrogens with zero attached hydrogens (tertiary/aromatic N) is 5. The first-order valence-corrected chi connectivity index (χ1v) is 12.2. The quantitative estimate of drug-likeness (QED) is 0.392. The number of ether oxygens (including phenoxy) is 1. The predicted molar refractivity (Wildman–Crippen MR) is 125 cm³/mol. The standard InChI is InChI=1S/C23H22F6N6O2S/c1-13-20(17(38-34-13)8-15-10-31-18(11-30-15)23(27,28)29)21(36)33-14-2-3-19(32-9-14)37-16-4-6-35(12-16)7-5-22(24,25)26/h2-3,9-11,16H,4-8,12H2,1H3,(H,33,36)/t16-/m0/s1. The number of hydrogen-bond acceptors (Lipinski definition) is 8. The van der Waals surface area contributed by atoms with Gasteiger partial charge in [0, 0.05) is 43.2 Å². The minimum absolute atomic E-state index is 0.0752. The molecule has 204 valence electrons. The van der Waals surface area contributed by atoms with Gasteiger partial charge in [-0.1, -0.05) is 0 Å². The van der Waals surface area contributed by atoms with Gasteiger partial charge < -0.3 is 10.1 Å². The normalized spacial score (nSPS) is 16.6. The Balaban J connectivity index is 1.33. The molecular formula is C23H22F6N6O2S. The van der Waals surface area contributed by atoms with Gasteiger partial charge in [-0.25, -0.2) is 9.97 Å². The molecule has 0 spiro atoms. The van der Waals surface area contributed by atoms with E-state index in [2.05, 4.69) is 24.6 Å². The van der Waals surface area contributed by atoms with Gasteiger partial charge in [-0.3, -0.25) is 14.7 Å². The SMILES string of the molecule is Cc1nsc(Cc2cnc(C(F)(F)F)cn2)c1C(=O)Nc1ccc(O[C@H]2CCN(CCC(F)(F)F)C2)nc1. The van der Waals surface area contributed by atoms with Crippen molar-refractivity contribution < 1.29 is 35.9 Å². The molecule has 1 saturated heterocycles. The zero-order valence-electron chi connectivity index (χ0n) is 19.9. The van der Waals surface area contributed by atoms with E-state index < -0.39 is 30.4 Å². The maximum Gasteiger partial charge on any atom is 0.434 e. The van der Waals surface area contributed by atoms with Crippen molar-refractivity contribution in [2.24, 2.45) is 0 Å². The number of carbonyl (C=O) groups excluding carboxylic acids is 1. The van der Waals surface area contributed by atoms with Crippen LogP contribution in [0.4, 0.5) is 32.0 Å². The van der Waals surface area contributed by atoms with Crippen molar-refractivity contribution in [3.05, 3.63) is 58.2 Å². The van der Waals surface area contributed by atoms with Crippen molar-refractivity contribution in [1.82, 2.24) is 24.2 Å². The fraction of sp³-hybridized carbons (Fsp3) is 0.435. The molecule has 1 fully saturated rings. The summed E-state index contributed by atoms with van der Waals surface area (Å²) in [6.07, 6.45) is -6.25. The third kappa shape index (κ3) is 7.37. The van der Waals surface area contributed by atoms with Gasteiger partial charge in [0.05, 0.1) is 41.5 Å². The molecule has 15 heteroatoms. The molecule has 1 atom stereocenters. The van der Waals surface area contributed by atoms with Crippen molar-refractivity contribution in [3.8, 4) is 5.88 Å². The molecule has 0 aliphatic carbocycles. The second kappa shape index (κ2) is 11.2. The number of hydrogen-bond donors (Lipinski definition) is 1. The lowest BCUT2D eigenvalue weighted by atomic mass is 10.1. The molecule has 0 radical (unpaired) electrons. The first-order chi connectivity index (χ1) is 17.9. The smallest absolute Gasteiger partial charge is 0.434 e. The lowest BCUT2D eigenvalue weighted by molar-refractivity contribution is -0.141. The van der Waals surface area contributed by atoms with Crippen molar-refractivity contribution in [1.29, 1.82) is 0 Å². The largest absolute Gasteiger partial charge is 0.473 e. The number of anilines is 1. The van der Waals surface area contributed by atoms with Gasteiger partial charge in [0.25, 0.3) is 5.91 Å². The Bertz CT molecular complexity index is 1250. The highest BCUT2D eigenvalue weighted by Gasteiger charge is 2.33. The molecule has 4 rings (SSSR count). The third-order valence-corrected chi connectivity index (χ3v) is 6.65. The van der Waals surface area contributed by atoms with E-state index in [9.17, 15) is 31.1 Å². The monoisotopic (exact) mass is 560 g/mol. The van der Waals surface area contributed by atoms with Crippen molar-refractivity contribution in [2.45, 2.75) is 44.6 Å². The van der Waals surface area contributed by atoms with E-state index in [1.165, 1.54) is 6.20 Å². The summed E-state index contributed by atoms with van der Waals surface area (Å²) in [5, 5.41) is 2.71. The number of alkyl halides is 6. The summed E-state index contributed by atoms with van der Waals surface area (Å²) in [7, 11) is 0. The summed E-state index contributed by atoms with van der Waals surface area (Å²) in [5.74, 6) is -0.196. The Morgan fingerprint density at radius 2 is 1.92 bits per heavy atom. The summed E-state index contributed by atoms with van der Waals surface area (Å²) >= 11 is 1.04. The van der Waals surface area contributed by atoms with Gasteiger partial charge in [-0.15, -0.1) is 0 Å². The topological polar surface area (TPSA) is 93.1 Å². The molecule has 8 nitrogen and oxygen atoms in total. The molecule has 1 aliphatic rings. The molecule has 0 unspecified atom stereocenters. The summed E-state index contributed by atoms with van der Waals surface area (Å²) in [6.45, 7) is 2.43. The second-order valence-corrected chi connectivity index (χ2v) is 9.53. The Labute approximate surface area is 217 Å². The number of aryl methyl sites for hydroxylation is 1. The highest BCUT2D eigenvalue weighted by Crippen LogP contribution is 2.28. The first kappa shape index (κ1) is 27.7. The zero-order valence-corrected chi connectivity index (χ0v) is 20.8. The van der Waals surface area contributed by atoms with E-state index in [0.29, 0.717) is 42.0 Å². The average molecular weight is 561 g/mol. The van der Waals surface area contributed by atoms with Crippen LogP contribution in [0.15, 0.2) is 30.7 Å². The molecule has 3 aromatic rings. The summed E-state index contributed by atoms with van der Waals surface area (Å²) in [6, 6.07) is 3.12. The molecule has 1 N–H and O–H groups in total. The highest BCUT2D eigenvalue weighted by atomic mass is 32.1. The van der Waals surface area contributed by atoms with E-state index >= 15 is 0 Å². The van der Waals surface area contributed by atoms with Gasteiger partial charge in [0.2, 0.25) is 5.88 Å². The minimum atomic E-state index is -4.60.